The molecular formula is C16H25N3S. The Hall–Kier alpha value is -1.16. The van der Waals surface area contributed by atoms with E-state index in [1.807, 2.05) is 11.8 Å². The highest BCUT2D eigenvalue weighted by Gasteiger charge is 2.30. The minimum atomic E-state index is 0.404. The molecule has 1 aliphatic rings. The molecule has 1 aliphatic heterocycles. The zero-order chi connectivity index (χ0) is 14.6. The molecule has 3 nitrogen and oxygen atoms in total. The van der Waals surface area contributed by atoms with Gasteiger partial charge in [-0.1, -0.05) is 31.7 Å². The van der Waals surface area contributed by atoms with Crippen molar-refractivity contribution in [3.63, 3.8) is 0 Å². The van der Waals surface area contributed by atoms with E-state index in [-0.39, 0.29) is 0 Å². The highest BCUT2D eigenvalue weighted by atomic mass is 32.2. The second-order valence-corrected chi connectivity index (χ2v) is 6.65. The molecule has 0 atom stereocenters. The maximum Gasteiger partial charge on any atom is 0.161 e. The van der Waals surface area contributed by atoms with Crippen LogP contribution in [0.1, 0.15) is 26.7 Å². The number of benzene rings is 1. The summed E-state index contributed by atoms with van der Waals surface area (Å²) >= 11 is 1.85. The molecule has 0 fully saturated rings. The molecule has 0 aliphatic carbocycles. The lowest BCUT2D eigenvalue weighted by atomic mass is 9.84. The molecule has 110 valence electrons. The molecule has 0 amide bonds. The molecule has 1 aromatic carbocycles. The summed E-state index contributed by atoms with van der Waals surface area (Å²) in [6.07, 6.45) is 2.42. The van der Waals surface area contributed by atoms with Gasteiger partial charge in [-0.25, -0.2) is 0 Å². The number of nitrogens with zero attached hydrogens (tertiary/aromatic N) is 2. The fourth-order valence-corrected chi connectivity index (χ4v) is 3.58. The Balaban J connectivity index is 2.05. The molecule has 0 unspecified atom stereocenters. The van der Waals surface area contributed by atoms with Crippen molar-refractivity contribution < 1.29 is 0 Å². The van der Waals surface area contributed by atoms with Crippen LogP contribution in [0.4, 0.5) is 11.4 Å². The standard InChI is InChI=1S/C16H25N3S/c1-5-16(6-2)11-17-15(20-12-16)18-13-8-7-9-14(10-13)19(3)4/h7-10H,5-6,11-12H2,1-4H3,(H,17,18). The first-order valence-electron chi connectivity index (χ1n) is 7.30. The molecule has 0 bridgehead atoms. The van der Waals surface area contributed by atoms with Crippen LogP contribution in [-0.2, 0) is 0 Å². The van der Waals surface area contributed by atoms with Gasteiger partial charge in [-0.05, 0) is 36.5 Å². The molecule has 2 rings (SSSR count). The Morgan fingerprint density at radius 1 is 1.30 bits per heavy atom. The minimum absolute atomic E-state index is 0.404. The van der Waals surface area contributed by atoms with E-state index in [9.17, 15) is 0 Å². The highest BCUT2D eigenvalue weighted by molar-refractivity contribution is 8.14. The fraction of sp³-hybridized carbons (Fsp3) is 0.562. The van der Waals surface area contributed by atoms with Crippen LogP contribution < -0.4 is 10.2 Å². The molecule has 0 radical (unpaired) electrons. The van der Waals surface area contributed by atoms with Crippen molar-refractivity contribution in [1.29, 1.82) is 0 Å². The Labute approximate surface area is 126 Å². The molecular weight excluding hydrogens is 266 g/mol. The first-order chi connectivity index (χ1) is 9.58. The number of aliphatic imine (C=N–C) groups is 1. The van der Waals surface area contributed by atoms with E-state index >= 15 is 0 Å². The third-order valence-electron chi connectivity index (χ3n) is 4.19. The number of thioether (sulfide) groups is 1. The van der Waals surface area contributed by atoms with Crippen molar-refractivity contribution in [3.05, 3.63) is 24.3 Å². The summed E-state index contributed by atoms with van der Waals surface area (Å²) in [4.78, 5) is 6.86. The van der Waals surface area contributed by atoms with Crippen molar-refractivity contribution in [1.82, 2.24) is 0 Å². The predicted molar refractivity (Wildman–Crippen MR) is 92.2 cm³/mol. The number of rotatable bonds is 4. The van der Waals surface area contributed by atoms with Gasteiger partial charge < -0.3 is 10.2 Å². The summed E-state index contributed by atoms with van der Waals surface area (Å²) < 4.78 is 0. The van der Waals surface area contributed by atoms with Crippen LogP contribution in [0.25, 0.3) is 0 Å². The van der Waals surface area contributed by atoms with Crippen LogP contribution >= 0.6 is 11.8 Å². The Bertz CT molecular complexity index is 478. The van der Waals surface area contributed by atoms with Crippen LogP contribution in [-0.4, -0.2) is 31.6 Å². The molecule has 1 N–H and O–H groups in total. The van der Waals surface area contributed by atoms with Gasteiger partial charge in [0.05, 0.1) is 0 Å². The Morgan fingerprint density at radius 3 is 2.60 bits per heavy atom. The lowest BCUT2D eigenvalue weighted by molar-refractivity contribution is 0.318. The van der Waals surface area contributed by atoms with Crippen LogP contribution in [0, 0.1) is 5.41 Å². The topological polar surface area (TPSA) is 27.6 Å². The molecule has 0 saturated carbocycles. The monoisotopic (exact) mass is 291 g/mol. The highest BCUT2D eigenvalue weighted by Crippen LogP contribution is 2.35. The number of nitrogens with one attached hydrogen (secondary N) is 1. The summed E-state index contributed by atoms with van der Waals surface area (Å²) in [5, 5.41) is 4.50. The zero-order valence-electron chi connectivity index (χ0n) is 12.9. The van der Waals surface area contributed by atoms with Gasteiger partial charge in [-0.2, -0.15) is 0 Å². The van der Waals surface area contributed by atoms with Crippen molar-refractivity contribution in [2.45, 2.75) is 26.7 Å². The van der Waals surface area contributed by atoms with E-state index in [2.05, 4.69) is 62.4 Å². The number of anilines is 2. The zero-order valence-corrected chi connectivity index (χ0v) is 13.8. The summed E-state index contributed by atoms with van der Waals surface area (Å²) in [6.45, 7) is 5.50. The van der Waals surface area contributed by atoms with Crippen molar-refractivity contribution in [2.24, 2.45) is 10.4 Å². The third-order valence-corrected chi connectivity index (χ3v) is 5.45. The summed E-state index contributed by atoms with van der Waals surface area (Å²) in [6, 6.07) is 8.44. The summed E-state index contributed by atoms with van der Waals surface area (Å²) in [5.74, 6) is 1.17. The van der Waals surface area contributed by atoms with Gasteiger partial charge >= 0.3 is 0 Å². The second-order valence-electron chi connectivity index (χ2n) is 5.69. The van der Waals surface area contributed by atoms with Crippen LogP contribution in [0.15, 0.2) is 29.3 Å². The quantitative estimate of drug-likeness (QED) is 0.906. The number of hydrogen-bond acceptors (Lipinski definition) is 4. The largest absolute Gasteiger partial charge is 0.378 e. The van der Waals surface area contributed by atoms with Crippen LogP contribution in [0.3, 0.4) is 0 Å². The molecule has 0 spiro atoms. The fourth-order valence-electron chi connectivity index (χ4n) is 2.29. The molecule has 1 aromatic rings. The maximum absolute atomic E-state index is 4.75. The van der Waals surface area contributed by atoms with E-state index in [4.69, 9.17) is 4.99 Å². The van der Waals surface area contributed by atoms with Crippen molar-refractivity contribution >= 4 is 28.3 Å². The smallest absolute Gasteiger partial charge is 0.161 e. The van der Waals surface area contributed by atoms with Crippen LogP contribution in [0.2, 0.25) is 0 Å². The Kier molecular flexibility index (Phi) is 4.97. The van der Waals surface area contributed by atoms with Crippen molar-refractivity contribution in [2.75, 3.05) is 36.6 Å². The third kappa shape index (κ3) is 3.48. The number of amidine groups is 1. The van der Waals surface area contributed by atoms with E-state index in [1.54, 1.807) is 0 Å². The van der Waals surface area contributed by atoms with Crippen molar-refractivity contribution in [3.8, 4) is 0 Å². The van der Waals surface area contributed by atoms with Gasteiger partial charge in [0.15, 0.2) is 5.17 Å². The van der Waals surface area contributed by atoms with Gasteiger partial charge in [-0.15, -0.1) is 0 Å². The van der Waals surface area contributed by atoms with Gasteiger partial charge in [0.1, 0.15) is 0 Å². The van der Waals surface area contributed by atoms with Gasteiger partial charge in [-0.3, -0.25) is 4.99 Å². The lowest BCUT2D eigenvalue weighted by Gasteiger charge is -2.33. The second kappa shape index (κ2) is 6.53. The van der Waals surface area contributed by atoms with Gasteiger partial charge in [0.25, 0.3) is 0 Å². The molecule has 20 heavy (non-hydrogen) atoms. The SMILES string of the molecule is CCC1(CC)CN=C(Nc2cccc(N(C)C)c2)SC1. The minimum Gasteiger partial charge on any atom is -0.378 e. The van der Waals surface area contributed by atoms with E-state index < -0.39 is 0 Å². The Morgan fingerprint density at radius 2 is 2.05 bits per heavy atom. The van der Waals surface area contributed by atoms with E-state index in [0.717, 1.165) is 17.4 Å². The summed E-state index contributed by atoms with van der Waals surface area (Å²) in [7, 11) is 4.12. The molecule has 0 aromatic heterocycles. The van der Waals surface area contributed by atoms with E-state index in [0.29, 0.717) is 5.41 Å². The summed E-state index contributed by atoms with van der Waals surface area (Å²) in [5.41, 5.74) is 2.72. The van der Waals surface area contributed by atoms with Crippen LogP contribution in [0.5, 0.6) is 0 Å². The molecule has 4 heteroatoms. The maximum atomic E-state index is 4.75. The molecule has 1 heterocycles. The average molecular weight is 291 g/mol. The number of hydrogen-bond donors (Lipinski definition) is 1. The lowest BCUT2D eigenvalue weighted by Crippen LogP contribution is -2.32. The van der Waals surface area contributed by atoms with Gasteiger partial charge in [0, 0.05) is 37.8 Å². The predicted octanol–water partition coefficient (Wildman–Crippen LogP) is 4.07. The molecule has 0 saturated heterocycles. The average Bonchev–Trinajstić information content (AvgIpc) is 2.49. The van der Waals surface area contributed by atoms with E-state index in [1.165, 1.54) is 24.3 Å². The normalized spacial score (nSPS) is 17.5. The first kappa shape index (κ1) is 15.2. The first-order valence-corrected chi connectivity index (χ1v) is 8.29. The van der Waals surface area contributed by atoms with Gasteiger partial charge in [0.2, 0.25) is 0 Å².